The number of aliphatic hydroxyl groups excluding tert-OH is 1. The van der Waals surface area contributed by atoms with Gasteiger partial charge in [0.05, 0.1) is 11.4 Å². The van der Waals surface area contributed by atoms with Crippen LogP contribution >= 0.6 is 0 Å². The predicted molar refractivity (Wildman–Crippen MR) is 71.0 cm³/mol. The fraction of sp³-hybridized carbons (Fsp3) is 0.571. The molecule has 2 rings (SSSR count). The van der Waals surface area contributed by atoms with Crippen molar-refractivity contribution >= 4 is 9.84 Å². The van der Waals surface area contributed by atoms with Crippen LogP contribution in [0.15, 0.2) is 29.2 Å². The van der Waals surface area contributed by atoms with Gasteiger partial charge in [-0.1, -0.05) is 32.4 Å². The molecule has 1 aliphatic carbocycles. The highest BCUT2D eigenvalue weighted by Crippen LogP contribution is 2.40. The van der Waals surface area contributed by atoms with E-state index in [1.807, 2.05) is 13.8 Å². The summed E-state index contributed by atoms with van der Waals surface area (Å²) in [7, 11) is -3.84. The third kappa shape index (κ3) is 2.54. The number of sulfone groups is 1. The van der Waals surface area contributed by atoms with Crippen LogP contribution in [0.2, 0.25) is 0 Å². The molecule has 0 saturated heterocycles. The first-order valence-electron chi connectivity index (χ1n) is 6.43. The number of hydrogen-bond donors (Lipinski definition) is 1. The molecule has 3 nitrogen and oxygen atoms in total. The quantitative estimate of drug-likeness (QED) is 0.909. The lowest BCUT2D eigenvalue weighted by molar-refractivity contribution is 0.0167. The zero-order chi connectivity index (χ0) is 14.3. The Morgan fingerprint density at radius 1 is 1.32 bits per heavy atom. The lowest BCUT2D eigenvalue weighted by Gasteiger charge is -2.40. The lowest BCUT2D eigenvalue weighted by Crippen LogP contribution is -2.47. The molecule has 0 bridgehead atoms. The van der Waals surface area contributed by atoms with Crippen LogP contribution in [0.3, 0.4) is 0 Å². The van der Waals surface area contributed by atoms with Gasteiger partial charge in [-0.15, -0.1) is 0 Å². The Morgan fingerprint density at radius 3 is 2.58 bits per heavy atom. The van der Waals surface area contributed by atoms with E-state index in [4.69, 9.17) is 0 Å². The molecule has 0 spiro atoms. The van der Waals surface area contributed by atoms with Crippen LogP contribution < -0.4 is 0 Å². The van der Waals surface area contributed by atoms with Crippen LogP contribution in [0, 0.1) is 11.2 Å². The molecule has 1 aliphatic rings. The largest absolute Gasteiger partial charge is 0.391 e. The van der Waals surface area contributed by atoms with E-state index in [2.05, 4.69) is 0 Å². The summed E-state index contributed by atoms with van der Waals surface area (Å²) in [6.07, 6.45) is 0.909. The van der Waals surface area contributed by atoms with Crippen molar-refractivity contribution in [3.8, 4) is 0 Å². The highest BCUT2D eigenvalue weighted by Gasteiger charge is 2.45. The van der Waals surface area contributed by atoms with E-state index in [0.717, 1.165) is 18.9 Å². The summed E-state index contributed by atoms with van der Waals surface area (Å²) in [5.74, 6) is -0.752. The molecular weight excluding hydrogens is 267 g/mol. The van der Waals surface area contributed by atoms with E-state index < -0.39 is 32.4 Å². The number of benzene rings is 1. The monoisotopic (exact) mass is 286 g/mol. The SMILES string of the molecule is CC1(C)CCCC(S(=O)(=O)c2ccccc2F)C1O. The summed E-state index contributed by atoms with van der Waals surface area (Å²) < 4.78 is 38.7. The normalized spacial score (nSPS) is 27.2. The van der Waals surface area contributed by atoms with Crippen LogP contribution in [-0.4, -0.2) is 24.9 Å². The Hall–Kier alpha value is -0.940. The van der Waals surface area contributed by atoms with Gasteiger partial charge in [0, 0.05) is 0 Å². The summed E-state index contributed by atoms with van der Waals surface area (Å²) in [6.45, 7) is 3.70. The molecule has 2 unspecified atom stereocenters. The molecule has 19 heavy (non-hydrogen) atoms. The average Bonchev–Trinajstić information content (AvgIpc) is 2.32. The first kappa shape index (κ1) is 14.5. The number of hydrogen-bond acceptors (Lipinski definition) is 3. The van der Waals surface area contributed by atoms with Crippen LogP contribution in [0.4, 0.5) is 4.39 Å². The molecular formula is C14H19FO3S. The molecule has 1 fully saturated rings. The summed E-state index contributed by atoms with van der Waals surface area (Å²) in [5.41, 5.74) is -0.457. The van der Waals surface area contributed by atoms with E-state index in [9.17, 15) is 17.9 Å². The second-order valence-electron chi connectivity index (χ2n) is 5.84. The first-order valence-corrected chi connectivity index (χ1v) is 7.98. The van der Waals surface area contributed by atoms with Crippen molar-refractivity contribution in [3.63, 3.8) is 0 Å². The minimum Gasteiger partial charge on any atom is -0.391 e. The molecule has 106 valence electrons. The summed E-state index contributed by atoms with van der Waals surface area (Å²) in [4.78, 5) is -0.309. The first-order chi connectivity index (χ1) is 8.77. The van der Waals surface area contributed by atoms with Gasteiger partial charge in [0.15, 0.2) is 9.84 Å². The van der Waals surface area contributed by atoms with E-state index in [-0.39, 0.29) is 4.90 Å². The van der Waals surface area contributed by atoms with Crippen molar-refractivity contribution in [2.24, 2.45) is 5.41 Å². The molecule has 2 atom stereocenters. The minimum atomic E-state index is -3.84. The third-order valence-electron chi connectivity index (χ3n) is 4.00. The molecule has 0 aliphatic heterocycles. The van der Waals surface area contributed by atoms with Gasteiger partial charge < -0.3 is 5.11 Å². The maximum absolute atomic E-state index is 13.7. The molecule has 1 N–H and O–H groups in total. The average molecular weight is 286 g/mol. The Morgan fingerprint density at radius 2 is 1.95 bits per heavy atom. The van der Waals surface area contributed by atoms with Crippen molar-refractivity contribution in [3.05, 3.63) is 30.1 Å². The van der Waals surface area contributed by atoms with Crippen molar-refractivity contribution in [1.29, 1.82) is 0 Å². The molecule has 0 aromatic heterocycles. The molecule has 0 amide bonds. The lowest BCUT2D eigenvalue weighted by atomic mass is 9.75. The van der Waals surface area contributed by atoms with Gasteiger partial charge in [-0.05, 0) is 30.4 Å². The van der Waals surface area contributed by atoms with Crippen molar-refractivity contribution in [1.82, 2.24) is 0 Å². The van der Waals surface area contributed by atoms with Gasteiger partial charge in [0.25, 0.3) is 0 Å². The zero-order valence-corrected chi connectivity index (χ0v) is 12.0. The van der Waals surface area contributed by atoms with Gasteiger partial charge >= 0.3 is 0 Å². The van der Waals surface area contributed by atoms with Gasteiger partial charge in [-0.3, -0.25) is 0 Å². The highest BCUT2D eigenvalue weighted by molar-refractivity contribution is 7.92. The number of aliphatic hydroxyl groups is 1. The predicted octanol–water partition coefficient (Wildman–Crippen LogP) is 2.54. The molecule has 1 saturated carbocycles. The van der Waals surface area contributed by atoms with Crippen LogP contribution in [0.5, 0.6) is 0 Å². The summed E-state index contributed by atoms with van der Waals surface area (Å²) >= 11 is 0. The summed E-state index contributed by atoms with van der Waals surface area (Å²) in [5, 5.41) is 9.36. The van der Waals surface area contributed by atoms with Crippen LogP contribution in [0.1, 0.15) is 33.1 Å². The second-order valence-corrected chi connectivity index (χ2v) is 7.97. The molecule has 0 heterocycles. The van der Waals surface area contributed by atoms with Crippen LogP contribution in [-0.2, 0) is 9.84 Å². The maximum Gasteiger partial charge on any atom is 0.186 e. The smallest absolute Gasteiger partial charge is 0.186 e. The van der Waals surface area contributed by atoms with E-state index in [0.29, 0.717) is 6.42 Å². The van der Waals surface area contributed by atoms with Crippen molar-refractivity contribution < 1.29 is 17.9 Å². The van der Waals surface area contributed by atoms with Gasteiger partial charge in [-0.25, -0.2) is 12.8 Å². The number of halogens is 1. The minimum absolute atomic E-state index is 0.309. The van der Waals surface area contributed by atoms with Gasteiger partial charge in [0.2, 0.25) is 0 Å². The van der Waals surface area contributed by atoms with E-state index in [1.54, 1.807) is 0 Å². The molecule has 1 aromatic rings. The Kier molecular flexibility index (Phi) is 3.71. The Bertz CT molecular complexity index is 566. The summed E-state index contributed by atoms with van der Waals surface area (Å²) in [6, 6.07) is 5.35. The van der Waals surface area contributed by atoms with Crippen molar-refractivity contribution in [2.45, 2.75) is 49.4 Å². The Labute approximate surface area is 113 Å². The molecule has 1 aromatic carbocycles. The second kappa shape index (κ2) is 4.87. The van der Waals surface area contributed by atoms with Gasteiger partial charge in [-0.2, -0.15) is 0 Å². The zero-order valence-electron chi connectivity index (χ0n) is 11.1. The third-order valence-corrected chi connectivity index (χ3v) is 6.24. The fourth-order valence-electron chi connectivity index (χ4n) is 2.73. The standard InChI is InChI=1S/C14H19FO3S/c1-14(2)9-5-8-12(13(14)16)19(17,18)11-7-4-3-6-10(11)15/h3-4,6-7,12-13,16H,5,8-9H2,1-2H3. The topological polar surface area (TPSA) is 54.4 Å². The fourth-order valence-corrected chi connectivity index (χ4v) is 4.85. The highest BCUT2D eigenvalue weighted by atomic mass is 32.2. The number of rotatable bonds is 2. The van der Waals surface area contributed by atoms with Crippen LogP contribution in [0.25, 0.3) is 0 Å². The Balaban J connectivity index is 2.43. The van der Waals surface area contributed by atoms with E-state index in [1.165, 1.54) is 18.2 Å². The molecule has 5 heteroatoms. The van der Waals surface area contributed by atoms with Crippen molar-refractivity contribution in [2.75, 3.05) is 0 Å². The maximum atomic E-state index is 13.7. The van der Waals surface area contributed by atoms with E-state index >= 15 is 0 Å². The van der Waals surface area contributed by atoms with Gasteiger partial charge in [0.1, 0.15) is 10.7 Å². The molecule has 0 radical (unpaired) electrons.